The third kappa shape index (κ3) is 9.76. The predicted octanol–water partition coefficient (Wildman–Crippen LogP) is 5.19. The van der Waals surface area contributed by atoms with Gasteiger partial charge in [0.25, 0.3) is 0 Å². The fourth-order valence-corrected chi connectivity index (χ4v) is 14.9. The Bertz CT molecular complexity index is 2340. The van der Waals surface area contributed by atoms with Crippen LogP contribution in [0.4, 0.5) is 5.69 Å². The molecule has 292 valence electrons. The summed E-state index contributed by atoms with van der Waals surface area (Å²) in [5, 5.41) is 0. The van der Waals surface area contributed by atoms with Gasteiger partial charge in [-0.05, 0) is 160 Å². The van der Waals surface area contributed by atoms with Crippen molar-refractivity contribution in [2.24, 2.45) is 11.8 Å². The first kappa shape index (κ1) is 49.1. The number of nitrogens with two attached hydrogens (primary N) is 1. The maximum Gasteiger partial charge on any atom is 1.00 e. The number of nitrogens with zero attached hydrogens (tertiary/aromatic N) is 4. The topological polar surface area (TPSA) is 44.0 Å². The minimum atomic E-state index is 0. The molecular formula is C43H55B4IKN5P4. The Morgan fingerprint density at radius 3 is 1.66 bits per heavy atom. The number of halogens is 1. The van der Waals surface area contributed by atoms with Gasteiger partial charge in [0.15, 0.2) is 0 Å². The van der Waals surface area contributed by atoms with E-state index >= 15 is 0 Å². The number of nitrogen functional groups attached to an aromatic ring is 1. The SMILES string of the molecule is [B]C1=C(C)N(PCc2c(C)c(C)c(N)c(CPn3cc(C)c([B])c3C)c2C2=C(CPn3cc(C)c([B])c3C)C(I)=C(C)[CH-]C2CPn2cc(C)c([B])c2C)CC1C.[K+]. The summed E-state index contributed by atoms with van der Waals surface area (Å²) in [6.45, 7) is 24.9. The van der Waals surface area contributed by atoms with Crippen molar-refractivity contribution >= 4 is 117 Å². The van der Waals surface area contributed by atoms with Gasteiger partial charge in [0.2, 0.25) is 0 Å². The minimum absolute atomic E-state index is 0. The van der Waals surface area contributed by atoms with E-state index in [1.807, 2.05) is 0 Å². The van der Waals surface area contributed by atoms with Gasteiger partial charge in [-0.15, -0.1) is 9.15 Å². The zero-order chi connectivity index (χ0) is 41.8. The molecule has 15 heteroatoms. The molecule has 6 unspecified atom stereocenters. The molecule has 1 aliphatic carbocycles. The fraction of sp³-hybridized carbons (Fsp3) is 0.419. The van der Waals surface area contributed by atoms with E-state index in [0.29, 0.717) is 40.8 Å². The second kappa shape index (κ2) is 20.3. The molecular weight excluding hydrogens is 920 g/mol. The van der Waals surface area contributed by atoms with Crippen LogP contribution in [0.2, 0.25) is 0 Å². The average molecular weight is 975 g/mol. The van der Waals surface area contributed by atoms with Crippen LogP contribution in [0.25, 0.3) is 5.57 Å². The fourth-order valence-electron chi connectivity index (χ4n) is 8.32. The van der Waals surface area contributed by atoms with E-state index in [-0.39, 0.29) is 57.3 Å². The Morgan fingerprint density at radius 2 is 1.19 bits per heavy atom. The number of rotatable bonds is 13. The maximum absolute atomic E-state index is 7.39. The standard InChI is InChI=1S/C43H55B4IN5P4.K/c1-21-12-32(17-54-50-13-22(2)38(44)28(50)8)36(34(42(21)48)19-56-52-15-24(4)40(46)30(52)10)37-33(18-55-51-14-23(3)39(45)29(51)9)26(6)27(7)43(49)35(37)20-57-53-16-25(5)41(47)31(53)11;/h12-13,15-16,23,32,54-57H,14,17-20,49H2,1-11H3;/q-1;+1. The van der Waals surface area contributed by atoms with E-state index in [0.717, 1.165) is 92.5 Å². The summed E-state index contributed by atoms with van der Waals surface area (Å²) in [6.07, 6.45) is 12.8. The summed E-state index contributed by atoms with van der Waals surface area (Å²) in [5.41, 5.74) is 30.7. The number of anilines is 1. The zero-order valence-electron chi connectivity index (χ0n) is 36.6. The van der Waals surface area contributed by atoms with Crippen LogP contribution < -0.4 is 73.5 Å². The number of hydrogen-bond donors (Lipinski definition) is 1. The van der Waals surface area contributed by atoms with Crippen molar-refractivity contribution in [1.29, 1.82) is 0 Å². The smallest absolute Gasteiger partial charge is 0.398 e. The second-order valence-corrected chi connectivity index (χ2v) is 21.9. The molecule has 1 aliphatic heterocycles. The van der Waals surface area contributed by atoms with Crippen LogP contribution in [0.3, 0.4) is 0 Å². The van der Waals surface area contributed by atoms with E-state index in [1.165, 1.54) is 53.8 Å². The van der Waals surface area contributed by atoms with Crippen LogP contribution in [-0.4, -0.2) is 67.9 Å². The molecule has 0 fully saturated rings. The van der Waals surface area contributed by atoms with Crippen molar-refractivity contribution < 1.29 is 51.4 Å². The van der Waals surface area contributed by atoms with E-state index in [2.05, 4.69) is 141 Å². The van der Waals surface area contributed by atoms with Gasteiger partial charge >= 0.3 is 51.4 Å². The molecule has 3 aromatic heterocycles. The Morgan fingerprint density at radius 1 is 0.707 bits per heavy atom. The molecule has 4 aromatic rings. The number of benzene rings is 1. The molecule has 8 radical (unpaired) electrons. The predicted molar refractivity (Wildman–Crippen MR) is 271 cm³/mol. The van der Waals surface area contributed by atoms with Gasteiger partial charge in [-0.25, -0.2) is 12.0 Å². The van der Waals surface area contributed by atoms with Crippen molar-refractivity contribution in [3.8, 4) is 0 Å². The van der Waals surface area contributed by atoms with Crippen LogP contribution in [0, 0.1) is 73.6 Å². The Balaban J connectivity index is 0.00000641. The van der Waals surface area contributed by atoms with Gasteiger partial charge in [0, 0.05) is 65.9 Å². The van der Waals surface area contributed by atoms with Crippen molar-refractivity contribution in [2.75, 3.05) is 24.6 Å². The van der Waals surface area contributed by atoms with E-state index in [1.54, 1.807) is 0 Å². The normalized spacial score (nSPS) is 18.0. The first-order valence-corrected chi connectivity index (χ1v) is 25.4. The first-order chi connectivity index (χ1) is 26.8. The van der Waals surface area contributed by atoms with Crippen LogP contribution in [0.15, 0.2) is 44.5 Å². The molecule has 0 bridgehead atoms. The monoisotopic (exact) mass is 975 g/mol. The van der Waals surface area contributed by atoms with E-state index < -0.39 is 0 Å². The summed E-state index contributed by atoms with van der Waals surface area (Å²) in [5.74, 6) is 0.542. The average Bonchev–Trinajstić information content (AvgIpc) is 3.77. The third-order valence-corrected chi connectivity index (χ3v) is 19.4. The number of aromatic nitrogens is 3. The third-order valence-electron chi connectivity index (χ3n) is 12.5. The van der Waals surface area contributed by atoms with Crippen molar-refractivity contribution in [3.05, 3.63) is 112 Å². The van der Waals surface area contributed by atoms with Crippen molar-refractivity contribution in [2.45, 2.75) is 88.5 Å². The molecule has 2 aliphatic rings. The Labute approximate surface area is 418 Å². The minimum Gasteiger partial charge on any atom is -0.398 e. The van der Waals surface area contributed by atoms with Gasteiger partial charge < -0.3 is 23.4 Å². The molecule has 0 spiro atoms. The molecule has 5 nitrogen and oxygen atoms in total. The maximum atomic E-state index is 7.39. The summed E-state index contributed by atoms with van der Waals surface area (Å²) in [4.78, 5) is 0. The van der Waals surface area contributed by atoms with Gasteiger partial charge in [-0.3, -0.25) is 0 Å². The van der Waals surface area contributed by atoms with Crippen molar-refractivity contribution in [1.82, 2.24) is 17.7 Å². The molecule has 2 N–H and O–H groups in total. The summed E-state index contributed by atoms with van der Waals surface area (Å²) in [6, 6.07) is 0. The van der Waals surface area contributed by atoms with E-state index in [9.17, 15) is 0 Å². The second-order valence-electron chi connectivity index (χ2n) is 16.1. The molecule has 0 amide bonds. The first-order valence-electron chi connectivity index (χ1n) is 19.7. The Kier molecular flexibility index (Phi) is 17.2. The van der Waals surface area contributed by atoms with Gasteiger partial charge in [-0.2, -0.15) is 22.6 Å². The Hall–Kier alpha value is 0.0961. The van der Waals surface area contributed by atoms with Gasteiger partial charge in [-0.1, -0.05) is 47.2 Å². The van der Waals surface area contributed by atoms with Gasteiger partial charge in [0.05, 0.1) is 0 Å². The summed E-state index contributed by atoms with van der Waals surface area (Å²) >= 11 is 2.63. The molecule has 0 saturated carbocycles. The molecule has 58 heavy (non-hydrogen) atoms. The van der Waals surface area contributed by atoms with Crippen LogP contribution in [-0.2, 0) is 12.3 Å². The largest absolute Gasteiger partial charge is 1.00 e. The summed E-state index contributed by atoms with van der Waals surface area (Å²) in [7, 11) is 28.3. The molecule has 4 heterocycles. The quantitative estimate of drug-likeness (QED) is 0.0660. The number of hydrogen-bond acceptors (Lipinski definition) is 2. The number of allylic oxidation sites excluding steroid dienone is 5. The van der Waals surface area contributed by atoms with Crippen LogP contribution >= 0.6 is 57.5 Å². The van der Waals surface area contributed by atoms with Crippen molar-refractivity contribution in [3.63, 3.8) is 0 Å². The van der Waals surface area contributed by atoms with Crippen LogP contribution in [0.5, 0.6) is 0 Å². The number of aryl methyl sites for hydroxylation is 3. The van der Waals surface area contributed by atoms with Crippen LogP contribution in [0.1, 0.15) is 82.4 Å². The zero-order valence-corrected chi connectivity index (χ0v) is 45.8. The molecule has 0 saturated heterocycles. The summed E-state index contributed by atoms with van der Waals surface area (Å²) < 4.78 is 10.9. The molecule has 1 aromatic carbocycles. The van der Waals surface area contributed by atoms with Gasteiger partial charge in [0.1, 0.15) is 31.4 Å². The van der Waals surface area contributed by atoms with E-state index in [4.69, 9.17) is 37.1 Å². The molecule has 6 rings (SSSR count). The molecule has 6 atom stereocenters.